The van der Waals surface area contributed by atoms with Gasteiger partial charge in [-0.05, 0) is 31.2 Å². The first-order chi connectivity index (χ1) is 9.58. The Labute approximate surface area is 116 Å². The van der Waals surface area contributed by atoms with Crippen LogP contribution in [0.25, 0.3) is 0 Å². The molecule has 2 rings (SSSR count). The SMILES string of the molecule is C[C@H]1C[C@H](OC(=O)CNc2ccc(C#N)cc2)C(=O)O1. The second-order valence-electron chi connectivity index (χ2n) is 4.50. The minimum atomic E-state index is -0.805. The predicted molar refractivity (Wildman–Crippen MR) is 69.7 cm³/mol. The lowest BCUT2D eigenvalue weighted by atomic mass is 10.2. The Morgan fingerprint density at radius 2 is 2.20 bits per heavy atom. The highest BCUT2D eigenvalue weighted by atomic mass is 16.6. The van der Waals surface area contributed by atoms with E-state index in [4.69, 9.17) is 14.7 Å². The molecule has 2 atom stereocenters. The average Bonchev–Trinajstić information content (AvgIpc) is 2.75. The third-order valence-electron chi connectivity index (χ3n) is 2.85. The molecule has 1 aliphatic rings. The second-order valence-corrected chi connectivity index (χ2v) is 4.50. The van der Waals surface area contributed by atoms with E-state index in [1.807, 2.05) is 6.07 Å². The number of hydrogen-bond donors (Lipinski definition) is 1. The summed E-state index contributed by atoms with van der Waals surface area (Å²) in [5.41, 5.74) is 1.24. The highest BCUT2D eigenvalue weighted by Crippen LogP contribution is 2.17. The maximum absolute atomic E-state index is 11.6. The van der Waals surface area contributed by atoms with Crippen molar-refractivity contribution in [3.8, 4) is 6.07 Å². The number of carbonyl (C=O) groups excluding carboxylic acids is 2. The first-order valence-corrected chi connectivity index (χ1v) is 6.22. The maximum Gasteiger partial charge on any atom is 0.347 e. The van der Waals surface area contributed by atoms with Crippen molar-refractivity contribution < 1.29 is 19.1 Å². The van der Waals surface area contributed by atoms with Crippen LogP contribution in [0.1, 0.15) is 18.9 Å². The largest absolute Gasteiger partial charge is 0.460 e. The van der Waals surface area contributed by atoms with Crippen LogP contribution in [0.15, 0.2) is 24.3 Å². The van der Waals surface area contributed by atoms with Crippen molar-refractivity contribution in [1.29, 1.82) is 5.26 Å². The summed E-state index contributed by atoms with van der Waals surface area (Å²) >= 11 is 0. The molecule has 6 nitrogen and oxygen atoms in total. The summed E-state index contributed by atoms with van der Waals surface area (Å²) in [7, 11) is 0. The molecule has 0 spiro atoms. The molecule has 20 heavy (non-hydrogen) atoms. The summed E-state index contributed by atoms with van der Waals surface area (Å²) in [6, 6.07) is 8.67. The number of cyclic esters (lactones) is 1. The van der Waals surface area contributed by atoms with Crippen LogP contribution >= 0.6 is 0 Å². The number of hydrogen-bond acceptors (Lipinski definition) is 6. The molecule has 0 amide bonds. The third-order valence-corrected chi connectivity index (χ3v) is 2.85. The Morgan fingerprint density at radius 1 is 1.50 bits per heavy atom. The molecule has 1 saturated heterocycles. The lowest BCUT2D eigenvalue weighted by Crippen LogP contribution is -2.26. The van der Waals surface area contributed by atoms with Gasteiger partial charge in [0, 0.05) is 12.1 Å². The standard InChI is InChI=1S/C14H14N2O4/c1-9-6-12(14(18)19-9)20-13(17)8-16-11-4-2-10(7-15)3-5-11/h2-5,9,12,16H,6,8H2,1H3/t9-,12-/m0/s1. The third kappa shape index (κ3) is 3.48. The molecular formula is C14H14N2O4. The van der Waals surface area contributed by atoms with Crippen molar-refractivity contribution in [2.24, 2.45) is 0 Å². The topological polar surface area (TPSA) is 88.4 Å². The van der Waals surface area contributed by atoms with E-state index in [2.05, 4.69) is 5.32 Å². The number of ether oxygens (including phenoxy) is 2. The van der Waals surface area contributed by atoms with Gasteiger partial charge in [0.25, 0.3) is 0 Å². The van der Waals surface area contributed by atoms with Crippen LogP contribution in [0.3, 0.4) is 0 Å². The maximum atomic E-state index is 11.6. The zero-order valence-electron chi connectivity index (χ0n) is 11.0. The smallest absolute Gasteiger partial charge is 0.347 e. The van der Waals surface area contributed by atoms with Gasteiger partial charge in [-0.25, -0.2) is 4.79 Å². The summed E-state index contributed by atoms with van der Waals surface area (Å²) in [5.74, 6) is -1.02. The summed E-state index contributed by atoms with van der Waals surface area (Å²) in [6.07, 6.45) is -0.631. The van der Waals surface area contributed by atoms with Crippen molar-refractivity contribution in [3.05, 3.63) is 29.8 Å². The average molecular weight is 274 g/mol. The molecule has 1 heterocycles. The molecule has 1 aromatic carbocycles. The molecule has 1 aromatic rings. The van der Waals surface area contributed by atoms with Crippen LogP contribution < -0.4 is 5.32 Å². The number of carbonyl (C=O) groups is 2. The Kier molecular flexibility index (Phi) is 4.20. The minimum absolute atomic E-state index is 0.0515. The molecule has 1 fully saturated rings. The molecule has 0 unspecified atom stereocenters. The zero-order chi connectivity index (χ0) is 14.5. The van der Waals surface area contributed by atoms with E-state index in [0.29, 0.717) is 17.7 Å². The van der Waals surface area contributed by atoms with E-state index in [-0.39, 0.29) is 12.6 Å². The van der Waals surface area contributed by atoms with Gasteiger partial charge < -0.3 is 14.8 Å². The van der Waals surface area contributed by atoms with Crippen LogP contribution in [-0.2, 0) is 19.1 Å². The molecule has 0 saturated carbocycles. The monoisotopic (exact) mass is 274 g/mol. The van der Waals surface area contributed by atoms with Crippen LogP contribution in [-0.4, -0.2) is 30.7 Å². The fourth-order valence-corrected chi connectivity index (χ4v) is 1.85. The number of benzene rings is 1. The first kappa shape index (κ1) is 13.9. The number of nitriles is 1. The summed E-state index contributed by atoms with van der Waals surface area (Å²) < 4.78 is 9.93. The second kappa shape index (κ2) is 6.06. The van der Waals surface area contributed by atoms with Gasteiger partial charge in [0.2, 0.25) is 6.10 Å². The van der Waals surface area contributed by atoms with Gasteiger partial charge in [0.1, 0.15) is 12.6 Å². The summed E-state index contributed by atoms with van der Waals surface area (Å²) in [6.45, 7) is 1.70. The predicted octanol–water partition coefficient (Wildman–Crippen LogP) is 1.22. The van der Waals surface area contributed by atoms with Crippen LogP contribution in [0, 0.1) is 11.3 Å². The van der Waals surface area contributed by atoms with E-state index >= 15 is 0 Å². The minimum Gasteiger partial charge on any atom is -0.460 e. The quantitative estimate of drug-likeness (QED) is 0.830. The zero-order valence-corrected chi connectivity index (χ0v) is 11.0. The van der Waals surface area contributed by atoms with E-state index in [0.717, 1.165) is 0 Å². The molecule has 1 aliphatic heterocycles. The van der Waals surface area contributed by atoms with E-state index in [9.17, 15) is 9.59 Å². The molecule has 0 aliphatic carbocycles. The van der Waals surface area contributed by atoms with Gasteiger partial charge >= 0.3 is 11.9 Å². The first-order valence-electron chi connectivity index (χ1n) is 6.22. The van der Waals surface area contributed by atoms with E-state index in [1.54, 1.807) is 31.2 Å². The lowest BCUT2D eigenvalue weighted by Gasteiger charge is -2.09. The molecule has 0 aromatic heterocycles. The van der Waals surface area contributed by atoms with Crippen molar-refractivity contribution in [1.82, 2.24) is 0 Å². The van der Waals surface area contributed by atoms with Crippen LogP contribution in [0.2, 0.25) is 0 Å². The van der Waals surface area contributed by atoms with E-state index in [1.165, 1.54) is 0 Å². The highest BCUT2D eigenvalue weighted by molar-refractivity contribution is 5.82. The van der Waals surface area contributed by atoms with Crippen molar-refractivity contribution in [3.63, 3.8) is 0 Å². The van der Waals surface area contributed by atoms with Crippen molar-refractivity contribution in [2.75, 3.05) is 11.9 Å². The molecule has 104 valence electrons. The summed E-state index contributed by atoms with van der Waals surface area (Å²) in [5, 5.41) is 11.5. The fourth-order valence-electron chi connectivity index (χ4n) is 1.85. The Bertz CT molecular complexity index is 547. The molecule has 0 radical (unpaired) electrons. The number of nitrogens with one attached hydrogen (secondary N) is 1. The van der Waals surface area contributed by atoms with Crippen molar-refractivity contribution >= 4 is 17.6 Å². The molecule has 6 heteroatoms. The number of nitrogens with zero attached hydrogens (tertiary/aromatic N) is 1. The number of anilines is 1. The van der Waals surface area contributed by atoms with Gasteiger partial charge in [-0.2, -0.15) is 5.26 Å². The summed E-state index contributed by atoms with van der Waals surface area (Å²) in [4.78, 5) is 22.9. The number of rotatable bonds is 4. The van der Waals surface area contributed by atoms with Gasteiger partial charge in [0.05, 0.1) is 11.6 Å². The normalized spacial score (nSPS) is 20.9. The van der Waals surface area contributed by atoms with Gasteiger partial charge in [-0.1, -0.05) is 0 Å². The van der Waals surface area contributed by atoms with Gasteiger partial charge in [-0.15, -0.1) is 0 Å². The highest BCUT2D eigenvalue weighted by Gasteiger charge is 2.34. The molecular weight excluding hydrogens is 260 g/mol. The lowest BCUT2D eigenvalue weighted by molar-refractivity contribution is -0.159. The molecule has 0 bridgehead atoms. The van der Waals surface area contributed by atoms with Crippen molar-refractivity contribution in [2.45, 2.75) is 25.6 Å². The van der Waals surface area contributed by atoms with Gasteiger partial charge in [0.15, 0.2) is 0 Å². The fraction of sp³-hybridized carbons (Fsp3) is 0.357. The van der Waals surface area contributed by atoms with E-state index < -0.39 is 18.0 Å². The Morgan fingerprint density at radius 3 is 2.75 bits per heavy atom. The van der Waals surface area contributed by atoms with Crippen LogP contribution in [0.4, 0.5) is 5.69 Å². The Balaban J connectivity index is 1.80. The molecule has 1 N–H and O–H groups in total. The van der Waals surface area contributed by atoms with Crippen LogP contribution in [0.5, 0.6) is 0 Å². The van der Waals surface area contributed by atoms with Gasteiger partial charge in [-0.3, -0.25) is 4.79 Å². The number of esters is 2. The Hall–Kier alpha value is -2.55.